The van der Waals surface area contributed by atoms with Gasteiger partial charge in [0.1, 0.15) is 12.6 Å². The summed E-state index contributed by atoms with van der Waals surface area (Å²) >= 11 is 0. The number of piperidine rings is 1. The molecule has 1 aromatic carbocycles. The summed E-state index contributed by atoms with van der Waals surface area (Å²) in [4.78, 5) is 40.3. The fourth-order valence-electron chi connectivity index (χ4n) is 3.84. The smallest absolute Gasteiger partial charge is 0.325 e. The Morgan fingerprint density at radius 3 is 2.40 bits per heavy atom. The van der Waals surface area contributed by atoms with Crippen molar-refractivity contribution in [2.45, 2.75) is 57.7 Å². The zero-order chi connectivity index (χ0) is 18.0. The van der Waals surface area contributed by atoms with Crippen molar-refractivity contribution in [2.75, 3.05) is 6.54 Å². The summed E-state index contributed by atoms with van der Waals surface area (Å²) in [6.07, 6.45) is 3.47. The molecule has 2 heterocycles. The molecule has 1 N–H and O–H groups in total. The summed E-state index contributed by atoms with van der Waals surface area (Å²) in [6.45, 7) is 3.87. The second-order valence-corrected chi connectivity index (χ2v) is 7.05. The SMILES string of the molecule is C[C@@H]1CCC[C@H](C)N1C(=O)CN1C(=O)N[C@@H](Cc2ccccc2)C1=O. The Morgan fingerprint density at radius 2 is 1.76 bits per heavy atom. The molecule has 6 heteroatoms. The standard InChI is InChI=1S/C19H25N3O3/c1-13-7-6-8-14(2)22(13)17(23)12-21-18(24)16(20-19(21)25)11-15-9-4-3-5-10-15/h3-5,9-10,13-14,16H,6-8,11-12H2,1-2H3,(H,20,25)/t13-,14+,16-/m0/s1. The van der Waals surface area contributed by atoms with Gasteiger partial charge in [0.2, 0.25) is 5.91 Å². The summed E-state index contributed by atoms with van der Waals surface area (Å²) in [6, 6.07) is 8.78. The molecule has 0 bridgehead atoms. The van der Waals surface area contributed by atoms with Crippen molar-refractivity contribution in [2.24, 2.45) is 0 Å². The predicted molar refractivity (Wildman–Crippen MR) is 93.8 cm³/mol. The maximum absolute atomic E-state index is 12.7. The molecule has 3 rings (SSSR count). The zero-order valence-electron chi connectivity index (χ0n) is 14.8. The number of urea groups is 1. The van der Waals surface area contributed by atoms with E-state index >= 15 is 0 Å². The fourth-order valence-corrected chi connectivity index (χ4v) is 3.84. The summed E-state index contributed by atoms with van der Waals surface area (Å²) in [5, 5.41) is 2.70. The van der Waals surface area contributed by atoms with E-state index in [2.05, 4.69) is 5.32 Å². The Morgan fingerprint density at radius 1 is 1.12 bits per heavy atom. The number of hydrogen-bond donors (Lipinski definition) is 1. The molecule has 0 unspecified atom stereocenters. The summed E-state index contributed by atoms with van der Waals surface area (Å²) in [7, 11) is 0. The maximum atomic E-state index is 12.7. The van der Waals surface area contributed by atoms with Gasteiger partial charge in [-0.1, -0.05) is 30.3 Å². The Kier molecular flexibility index (Phi) is 5.06. The molecule has 0 aromatic heterocycles. The first kappa shape index (κ1) is 17.5. The average molecular weight is 343 g/mol. The van der Waals surface area contributed by atoms with E-state index in [1.54, 1.807) is 0 Å². The highest BCUT2D eigenvalue weighted by Gasteiger charge is 2.40. The Bertz CT molecular complexity index is 651. The second-order valence-electron chi connectivity index (χ2n) is 7.05. The third-order valence-electron chi connectivity index (χ3n) is 5.16. The van der Waals surface area contributed by atoms with Crippen molar-refractivity contribution in [3.8, 4) is 0 Å². The normalized spacial score (nSPS) is 26.7. The molecule has 2 saturated heterocycles. The Balaban J connectivity index is 1.65. The van der Waals surface area contributed by atoms with Gasteiger partial charge in [0.15, 0.2) is 0 Å². The van der Waals surface area contributed by atoms with Gasteiger partial charge in [-0.3, -0.25) is 14.5 Å². The van der Waals surface area contributed by atoms with Gasteiger partial charge in [0, 0.05) is 18.5 Å². The minimum atomic E-state index is -0.598. The van der Waals surface area contributed by atoms with Crippen molar-refractivity contribution in [3.63, 3.8) is 0 Å². The van der Waals surface area contributed by atoms with Crippen LogP contribution in [-0.2, 0) is 16.0 Å². The van der Waals surface area contributed by atoms with Gasteiger partial charge in [-0.2, -0.15) is 0 Å². The third kappa shape index (κ3) is 3.67. The molecule has 3 atom stereocenters. The van der Waals surface area contributed by atoms with Crippen molar-refractivity contribution in [3.05, 3.63) is 35.9 Å². The van der Waals surface area contributed by atoms with Crippen molar-refractivity contribution in [1.29, 1.82) is 0 Å². The molecule has 134 valence electrons. The molecule has 2 aliphatic heterocycles. The molecule has 25 heavy (non-hydrogen) atoms. The lowest BCUT2D eigenvalue weighted by Crippen LogP contribution is -2.52. The maximum Gasteiger partial charge on any atom is 0.325 e. The van der Waals surface area contributed by atoms with Crippen LogP contribution in [0.15, 0.2) is 30.3 Å². The van der Waals surface area contributed by atoms with Crippen molar-refractivity contribution < 1.29 is 14.4 Å². The summed E-state index contributed by atoms with van der Waals surface area (Å²) in [5.74, 6) is -0.469. The van der Waals surface area contributed by atoms with Gasteiger partial charge in [0.25, 0.3) is 5.91 Å². The molecule has 4 amide bonds. The van der Waals surface area contributed by atoms with Crippen LogP contribution in [0, 0.1) is 0 Å². The molecule has 0 aliphatic carbocycles. The Labute approximate surface area is 148 Å². The van der Waals surface area contributed by atoms with Gasteiger partial charge < -0.3 is 10.2 Å². The largest absolute Gasteiger partial charge is 0.336 e. The van der Waals surface area contributed by atoms with Gasteiger partial charge >= 0.3 is 6.03 Å². The van der Waals surface area contributed by atoms with Crippen LogP contribution in [0.5, 0.6) is 0 Å². The van der Waals surface area contributed by atoms with Crippen LogP contribution < -0.4 is 5.32 Å². The van der Waals surface area contributed by atoms with Crippen molar-refractivity contribution >= 4 is 17.8 Å². The first-order valence-electron chi connectivity index (χ1n) is 8.94. The van der Waals surface area contributed by atoms with E-state index in [0.717, 1.165) is 29.7 Å². The van der Waals surface area contributed by atoms with E-state index in [-0.39, 0.29) is 30.4 Å². The number of hydrogen-bond acceptors (Lipinski definition) is 3. The lowest BCUT2D eigenvalue weighted by molar-refractivity contribution is -0.141. The zero-order valence-corrected chi connectivity index (χ0v) is 14.8. The second kappa shape index (κ2) is 7.25. The van der Waals surface area contributed by atoms with E-state index in [1.165, 1.54) is 0 Å². The van der Waals surface area contributed by atoms with Crippen LogP contribution in [-0.4, -0.2) is 52.3 Å². The molecule has 1 aromatic rings. The van der Waals surface area contributed by atoms with Crippen LogP contribution in [0.2, 0.25) is 0 Å². The first-order chi connectivity index (χ1) is 12.0. The van der Waals surface area contributed by atoms with Crippen LogP contribution in [0.1, 0.15) is 38.7 Å². The monoisotopic (exact) mass is 343 g/mol. The quantitative estimate of drug-likeness (QED) is 0.850. The number of carbonyl (C=O) groups is 3. The summed E-state index contributed by atoms with van der Waals surface area (Å²) < 4.78 is 0. The number of carbonyl (C=O) groups excluding carboxylic acids is 3. The molecule has 6 nitrogen and oxygen atoms in total. The molecule has 2 fully saturated rings. The topological polar surface area (TPSA) is 69.7 Å². The predicted octanol–water partition coefficient (Wildman–Crippen LogP) is 1.94. The fraction of sp³-hybridized carbons (Fsp3) is 0.526. The number of nitrogens with zero attached hydrogens (tertiary/aromatic N) is 2. The van der Waals surface area contributed by atoms with E-state index in [4.69, 9.17) is 0 Å². The molecule has 0 radical (unpaired) electrons. The highest BCUT2D eigenvalue weighted by molar-refractivity contribution is 6.06. The van der Waals surface area contributed by atoms with E-state index in [0.29, 0.717) is 6.42 Å². The summed E-state index contributed by atoms with van der Waals surface area (Å²) in [5.41, 5.74) is 0.979. The number of amides is 4. The van der Waals surface area contributed by atoms with Crippen LogP contribution >= 0.6 is 0 Å². The highest BCUT2D eigenvalue weighted by atomic mass is 16.2. The number of likely N-dealkylation sites (tertiary alicyclic amines) is 1. The average Bonchev–Trinajstić information content (AvgIpc) is 2.83. The number of benzene rings is 1. The minimum absolute atomic E-state index is 0.149. The number of imide groups is 1. The van der Waals surface area contributed by atoms with Gasteiger partial charge in [0.05, 0.1) is 0 Å². The lowest BCUT2D eigenvalue weighted by atomic mass is 9.97. The van der Waals surface area contributed by atoms with Crippen LogP contribution in [0.3, 0.4) is 0 Å². The molecular weight excluding hydrogens is 318 g/mol. The van der Waals surface area contributed by atoms with E-state index < -0.39 is 12.1 Å². The van der Waals surface area contributed by atoms with Gasteiger partial charge in [-0.25, -0.2) is 4.79 Å². The van der Waals surface area contributed by atoms with E-state index in [9.17, 15) is 14.4 Å². The lowest BCUT2D eigenvalue weighted by Gasteiger charge is -2.39. The molecule has 0 spiro atoms. The van der Waals surface area contributed by atoms with Crippen molar-refractivity contribution in [1.82, 2.24) is 15.1 Å². The molecular formula is C19H25N3O3. The van der Waals surface area contributed by atoms with Crippen LogP contribution in [0.25, 0.3) is 0 Å². The Hall–Kier alpha value is -2.37. The van der Waals surface area contributed by atoms with Gasteiger partial charge in [-0.15, -0.1) is 0 Å². The first-order valence-corrected chi connectivity index (χ1v) is 8.94. The van der Waals surface area contributed by atoms with Crippen LogP contribution in [0.4, 0.5) is 4.79 Å². The van der Waals surface area contributed by atoms with E-state index in [1.807, 2.05) is 49.1 Å². The molecule has 0 saturated carbocycles. The number of nitrogens with one attached hydrogen (secondary N) is 1. The molecule has 2 aliphatic rings. The number of rotatable bonds is 4. The van der Waals surface area contributed by atoms with Gasteiger partial charge in [-0.05, 0) is 38.7 Å². The minimum Gasteiger partial charge on any atom is -0.336 e. The highest BCUT2D eigenvalue weighted by Crippen LogP contribution is 2.23. The third-order valence-corrected chi connectivity index (χ3v) is 5.16.